The number of nitrogens with one attached hydrogen (secondary N) is 2. The van der Waals surface area contributed by atoms with Gasteiger partial charge < -0.3 is 9.73 Å². The first-order chi connectivity index (χ1) is 11.8. The first-order valence-corrected chi connectivity index (χ1v) is 7.24. The fourth-order valence-corrected chi connectivity index (χ4v) is 2.25. The molecule has 0 fully saturated rings. The predicted molar refractivity (Wildman–Crippen MR) is 81.5 cm³/mol. The number of alkyl halides is 3. The topological polar surface area (TPSA) is 83.8 Å². The minimum Gasteiger partial charge on any atom is -0.460 e. The van der Waals surface area contributed by atoms with Crippen LogP contribution >= 0.6 is 0 Å². The van der Waals surface area contributed by atoms with E-state index in [1.807, 2.05) is 5.32 Å². The van der Waals surface area contributed by atoms with Crippen LogP contribution in [0.15, 0.2) is 47.1 Å². The van der Waals surface area contributed by atoms with Gasteiger partial charge in [0, 0.05) is 24.0 Å². The third kappa shape index (κ3) is 3.70. The molecule has 0 aliphatic rings. The van der Waals surface area contributed by atoms with Gasteiger partial charge in [0.2, 0.25) is 0 Å². The number of hydrogen-bond donors (Lipinski definition) is 2. The summed E-state index contributed by atoms with van der Waals surface area (Å²) in [5.41, 5.74) is 0.0474. The van der Waals surface area contributed by atoms with Crippen LogP contribution in [0.4, 0.5) is 13.2 Å². The average molecular weight is 350 g/mol. The van der Waals surface area contributed by atoms with Crippen molar-refractivity contribution in [3.8, 4) is 11.5 Å². The molecule has 0 spiro atoms. The molecule has 130 valence electrons. The zero-order chi connectivity index (χ0) is 18.0. The lowest BCUT2D eigenvalue weighted by atomic mass is 10.1. The second-order valence-electron chi connectivity index (χ2n) is 5.31. The van der Waals surface area contributed by atoms with Crippen molar-refractivity contribution in [1.29, 1.82) is 0 Å². The number of furan rings is 1. The first kappa shape index (κ1) is 16.7. The van der Waals surface area contributed by atoms with E-state index in [1.54, 1.807) is 19.1 Å². The maximum Gasteiger partial charge on any atom is 0.412 e. The Labute approximate surface area is 140 Å². The van der Waals surface area contributed by atoms with Crippen molar-refractivity contribution in [2.45, 2.75) is 19.1 Å². The summed E-state index contributed by atoms with van der Waals surface area (Å²) in [5.74, 6) is 0.130. The molecule has 3 aromatic rings. The molecular formula is C16H13F3N4O2. The van der Waals surface area contributed by atoms with Crippen LogP contribution in [-0.4, -0.2) is 27.3 Å². The van der Waals surface area contributed by atoms with E-state index in [2.05, 4.69) is 15.2 Å². The molecule has 3 rings (SSSR count). The lowest BCUT2D eigenvalue weighted by molar-refractivity contribution is -0.155. The van der Waals surface area contributed by atoms with Gasteiger partial charge in [0.05, 0.1) is 0 Å². The van der Waals surface area contributed by atoms with Gasteiger partial charge in [-0.05, 0) is 25.1 Å². The summed E-state index contributed by atoms with van der Waals surface area (Å²) in [6.07, 6.45) is -2.26. The van der Waals surface area contributed by atoms with Gasteiger partial charge in [-0.2, -0.15) is 18.3 Å². The molecule has 0 aromatic carbocycles. The van der Waals surface area contributed by atoms with Crippen molar-refractivity contribution in [1.82, 2.24) is 20.5 Å². The van der Waals surface area contributed by atoms with E-state index in [9.17, 15) is 18.0 Å². The van der Waals surface area contributed by atoms with Gasteiger partial charge >= 0.3 is 6.18 Å². The van der Waals surface area contributed by atoms with Crippen LogP contribution in [-0.2, 0) is 0 Å². The van der Waals surface area contributed by atoms with Crippen LogP contribution in [0.3, 0.4) is 0 Å². The van der Waals surface area contributed by atoms with Crippen molar-refractivity contribution in [2.24, 2.45) is 0 Å². The van der Waals surface area contributed by atoms with Gasteiger partial charge in [0.1, 0.15) is 11.5 Å². The van der Waals surface area contributed by atoms with Gasteiger partial charge in [-0.25, -0.2) is 0 Å². The summed E-state index contributed by atoms with van der Waals surface area (Å²) in [7, 11) is 0. The van der Waals surface area contributed by atoms with Crippen LogP contribution in [0.5, 0.6) is 0 Å². The number of hydrogen-bond acceptors (Lipinski definition) is 4. The number of pyridine rings is 1. The molecule has 1 amide bonds. The Balaban J connectivity index is 1.81. The normalized spacial score (nSPS) is 12.8. The van der Waals surface area contributed by atoms with Crippen molar-refractivity contribution in [2.75, 3.05) is 0 Å². The van der Waals surface area contributed by atoms with Crippen LogP contribution < -0.4 is 5.32 Å². The number of aromatic amines is 1. The number of carbonyl (C=O) groups is 1. The van der Waals surface area contributed by atoms with Crippen molar-refractivity contribution in [3.05, 3.63) is 59.7 Å². The van der Waals surface area contributed by atoms with E-state index >= 15 is 0 Å². The SMILES string of the molecule is Cc1ccc(-c2cc(C(=O)N[C@@H](c3cccnc3)C(F)(F)F)n[nH]2)o1. The summed E-state index contributed by atoms with van der Waals surface area (Å²) >= 11 is 0. The van der Waals surface area contributed by atoms with Crippen molar-refractivity contribution in [3.63, 3.8) is 0 Å². The molecule has 0 radical (unpaired) electrons. The molecule has 0 aliphatic heterocycles. The second kappa shape index (κ2) is 6.42. The quantitative estimate of drug-likeness (QED) is 0.755. The molecule has 25 heavy (non-hydrogen) atoms. The fraction of sp³-hybridized carbons (Fsp3) is 0.188. The van der Waals surface area contributed by atoms with Gasteiger partial charge in [0.25, 0.3) is 5.91 Å². The zero-order valence-corrected chi connectivity index (χ0v) is 13.0. The van der Waals surface area contributed by atoms with E-state index in [4.69, 9.17) is 4.42 Å². The molecule has 0 saturated carbocycles. The molecule has 2 N–H and O–H groups in total. The number of aryl methyl sites for hydroxylation is 1. The minimum absolute atomic E-state index is 0.166. The Morgan fingerprint density at radius 2 is 2.12 bits per heavy atom. The molecule has 3 heterocycles. The Kier molecular flexibility index (Phi) is 4.30. The lowest BCUT2D eigenvalue weighted by Gasteiger charge is -2.21. The molecule has 6 nitrogen and oxygen atoms in total. The molecule has 3 aromatic heterocycles. The van der Waals surface area contributed by atoms with Gasteiger partial charge in [-0.3, -0.25) is 14.9 Å². The van der Waals surface area contributed by atoms with Crippen LogP contribution in [0.2, 0.25) is 0 Å². The summed E-state index contributed by atoms with van der Waals surface area (Å²) in [6.45, 7) is 1.75. The number of H-pyrrole nitrogens is 1. The van der Waals surface area contributed by atoms with Gasteiger partial charge in [-0.1, -0.05) is 6.07 Å². The molecule has 1 atom stereocenters. The Morgan fingerprint density at radius 1 is 1.32 bits per heavy atom. The second-order valence-corrected chi connectivity index (χ2v) is 5.31. The number of amides is 1. The number of carbonyl (C=O) groups excluding carboxylic acids is 1. The number of halogens is 3. The first-order valence-electron chi connectivity index (χ1n) is 7.24. The Hall–Kier alpha value is -3.10. The fourth-order valence-electron chi connectivity index (χ4n) is 2.25. The highest BCUT2D eigenvalue weighted by Gasteiger charge is 2.42. The number of aromatic nitrogens is 3. The van der Waals surface area contributed by atoms with Gasteiger partial charge in [-0.15, -0.1) is 0 Å². The van der Waals surface area contributed by atoms with E-state index in [1.165, 1.54) is 24.4 Å². The highest BCUT2D eigenvalue weighted by Crippen LogP contribution is 2.32. The maximum absolute atomic E-state index is 13.3. The number of nitrogens with zero attached hydrogens (tertiary/aromatic N) is 2. The molecule has 0 aliphatic carbocycles. The average Bonchev–Trinajstić information content (AvgIpc) is 3.21. The van der Waals surface area contributed by atoms with E-state index < -0.39 is 18.1 Å². The minimum atomic E-state index is -4.67. The molecule has 9 heteroatoms. The van der Waals surface area contributed by atoms with Crippen molar-refractivity contribution < 1.29 is 22.4 Å². The zero-order valence-electron chi connectivity index (χ0n) is 13.0. The van der Waals surface area contributed by atoms with E-state index in [-0.39, 0.29) is 11.3 Å². The highest BCUT2D eigenvalue weighted by molar-refractivity contribution is 5.93. The van der Waals surface area contributed by atoms with Crippen molar-refractivity contribution >= 4 is 5.91 Å². The summed E-state index contributed by atoms with van der Waals surface area (Å²) in [6, 6.07) is 5.14. The molecule has 0 bridgehead atoms. The predicted octanol–water partition coefficient (Wildman–Crippen LogP) is 3.41. The van der Waals surface area contributed by atoms with Gasteiger partial charge in [0.15, 0.2) is 17.5 Å². The smallest absolute Gasteiger partial charge is 0.412 e. The third-order valence-corrected chi connectivity index (χ3v) is 3.44. The standard InChI is InChI=1S/C16H13F3N4O2/c1-9-4-5-13(25-9)11-7-12(23-22-11)15(24)21-14(16(17,18)19)10-3-2-6-20-8-10/h2-8,14H,1H3,(H,21,24)(H,22,23)/t14-/m0/s1. The summed E-state index contributed by atoms with van der Waals surface area (Å²) in [4.78, 5) is 15.8. The molecule has 0 unspecified atom stereocenters. The van der Waals surface area contributed by atoms with E-state index in [0.29, 0.717) is 17.2 Å². The van der Waals surface area contributed by atoms with Crippen LogP contribution in [0.25, 0.3) is 11.5 Å². The highest BCUT2D eigenvalue weighted by atomic mass is 19.4. The van der Waals surface area contributed by atoms with Crippen LogP contribution in [0, 0.1) is 6.92 Å². The number of rotatable bonds is 4. The Morgan fingerprint density at radius 3 is 2.72 bits per heavy atom. The largest absolute Gasteiger partial charge is 0.460 e. The third-order valence-electron chi connectivity index (χ3n) is 3.44. The van der Waals surface area contributed by atoms with E-state index in [0.717, 1.165) is 6.20 Å². The lowest BCUT2D eigenvalue weighted by Crippen LogP contribution is -2.38. The monoisotopic (exact) mass is 350 g/mol. The molecular weight excluding hydrogens is 337 g/mol. The maximum atomic E-state index is 13.3. The Bertz CT molecular complexity index is 871. The summed E-state index contributed by atoms with van der Waals surface area (Å²) < 4.78 is 45.2. The summed E-state index contributed by atoms with van der Waals surface area (Å²) in [5, 5.41) is 8.26. The van der Waals surface area contributed by atoms with Crippen LogP contribution in [0.1, 0.15) is 27.9 Å². The molecule has 0 saturated heterocycles.